The molecule has 0 unspecified atom stereocenters. The van der Waals surface area contributed by atoms with E-state index in [0.717, 1.165) is 33.7 Å². The molecule has 0 spiro atoms. The second-order valence-corrected chi connectivity index (χ2v) is 6.24. The summed E-state index contributed by atoms with van der Waals surface area (Å²) in [6.07, 6.45) is 1.80. The topological polar surface area (TPSA) is 68.1 Å². The van der Waals surface area contributed by atoms with Crippen LogP contribution in [-0.4, -0.2) is 31.0 Å². The van der Waals surface area contributed by atoms with Gasteiger partial charge in [-0.15, -0.1) is 0 Å². The van der Waals surface area contributed by atoms with Crippen LogP contribution in [0, 0.1) is 6.92 Å². The molecule has 0 aromatic heterocycles. The standard InChI is InChI=1S/C23H21NO4/c1-16-12-21(27-2)10-11-22(16)18-5-3-4-17(13-18)14-24-19-6-8-20(9-7-19)28-15-23(25)26/h3-14H,15H2,1-2H3,(H,25,26). The summed E-state index contributed by atoms with van der Waals surface area (Å²) in [6.45, 7) is 1.70. The zero-order chi connectivity index (χ0) is 19.9. The summed E-state index contributed by atoms with van der Waals surface area (Å²) in [5.41, 5.74) is 5.15. The molecule has 142 valence electrons. The number of hydrogen-bond donors (Lipinski definition) is 1. The molecule has 0 aliphatic rings. The third kappa shape index (κ3) is 4.98. The molecule has 3 aromatic rings. The minimum absolute atomic E-state index is 0.361. The van der Waals surface area contributed by atoms with E-state index >= 15 is 0 Å². The summed E-state index contributed by atoms with van der Waals surface area (Å²) in [7, 11) is 1.66. The summed E-state index contributed by atoms with van der Waals surface area (Å²) in [6, 6.07) is 21.2. The van der Waals surface area contributed by atoms with Gasteiger partial charge in [-0.2, -0.15) is 0 Å². The highest BCUT2D eigenvalue weighted by atomic mass is 16.5. The normalized spacial score (nSPS) is 10.8. The molecule has 0 fully saturated rings. The predicted molar refractivity (Wildman–Crippen MR) is 110 cm³/mol. The van der Waals surface area contributed by atoms with E-state index in [9.17, 15) is 4.79 Å². The summed E-state index contributed by atoms with van der Waals surface area (Å²) < 4.78 is 10.4. The van der Waals surface area contributed by atoms with Gasteiger partial charge < -0.3 is 14.6 Å². The number of hydrogen-bond acceptors (Lipinski definition) is 4. The molecule has 1 N–H and O–H groups in total. The molecule has 0 radical (unpaired) electrons. The van der Waals surface area contributed by atoms with Crippen molar-refractivity contribution in [2.24, 2.45) is 4.99 Å². The van der Waals surface area contributed by atoms with Crippen LogP contribution < -0.4 is 9.47 Å². The molecule has 0 amide bonds. The van der Waals surface area contributed by atoms with Gasteiger partial charge in [0.2, 0.25) is 0 Å². The van der Waals surface area contributed by atoms with Gasteiger partial charge in [-0.1, -0.05) is 24.3 Å². The van der Waals surface area contributed by atoms with Crippen LogP contribution in [0.5, 0.6) is 11.5 Å². The molecule has 0 aliphatic carbocycles. The zero-order valence-electron chi connectivity index (χ0n) is 15.8. The molecule has 0 saturated carbocycles. The Kier molecular flexibility index (Phi) is 6.07. The third-order valence-electron chi connectivity index (χ3n) is 4.19. The lowest BCUT2D eigenvalue weighted by Gasteiger charge is -2.09. The van der Waals surface area contributed by atoms with Gasteiger partial charge in [0, 0.05) is 6.21 Å². The molecule has 3 aromatic carbocycles. The van der Waals surface area contributed by atoms with Gasteiger partial charge in [0.05, 0.1) is 12.8 Å². The molecule has 28 heavy (non-hydrogen) atoms. The van der Waals surface area contributed by atoms with Gasteiger partial charge in [-0.05, 0) is 71.6 Å². The van der Waals surface area contributed by atoms with E-state index in [4.69, 9.17) is 14.6 Å². The molecule has 0 heterocycles. The molecule has 0 bridgehead atoms. The molecule has 0 aliphatic heterocycles. The van der Waals surface area contributed by atoms with Crippen molar-refractivity contribution in [2.75, 3.05) is 13.7 Å². The van der Waals surface area contributed by atoms with Crippen molar-refractivity contribution < 1.29 is 19.4 Å². The number of benzene rings is 3. The van der Waals surface area contributed by atoms with E-state index in [2.05, 4.69) is 30.1 Å². The Morgan fingerprint density at radius 1 is 1.04 bits per heavy atom. The van der Waals surface area contributed by atoms with Crippen molar-refractivity contribution in [1.82, 2.24) is 0 Å². The van der Waals surface area contributed by atoms with Crippen molar-refractivity contribution in [3.63, 3.8) is 0 Å². The van der Waals surface area contributed by atoms with Crippen molar-refractivity contribution in [1.29, 1.82) is 0 Å². The molecule has 3 rings (SSSR count). The Labute approximate surface area is 163 Å². The minimum Gasteiger partial charge on any atom is -0.497 e. The number of carboxylic acid groups (broad SMARTS) is 1. The maximum Gasteiger partial charge on any atom is 0.341 e. The van der Waals surface area contributed by atoms with Crippen LogP contribution in [0.3, 0.4) is 0 Å². The summed E-state index contributed by atoms with van der Waals surface area (Å²) in [4.78, 5) is 15.0. The largest absolute Gasteiger partial charge is 0.497 e. The first-order valence-corrected chi connectivity index (χ1v) is 8.79. The van der Waals surface area contributed by atoms with Crippen molar-refractivity contribution >= 4 is 17.9 Å². The zero-order valence-corrected chi connectivity index (χ0v) is 15.8. The van der Waals surface area contributed by atoms with E-state index in [-0.39, 0.29) is 6.61 Å². The first-order chi connectivity index (χ1) is 13.5. The Bertz CT molecular complexity index is 994. The van der Waals surface area contributed by atoms with Gasteiger partial charge in [-0.25, -0.2) is 4.79 Å². The number of aliphatic carboxylic acids is 1. The molecule has 5 heteroatoms. The maximum atomic E-state index is 10.5. The van der Waals surface area contributed by atoms with E-state index in [1.165, 1.54) is 0 Å². The Morgan fingerprint density at radius 3 is 2.46 bits per heavy atom. The van der Waals surface area contributed by atoms with Crippen LogP contribution in [0.2, 0.25) is 0 Å². The van der Waals surface area contributed by atoms with Crippen LogP contribution in [0.1, 0.15) is 11.1 Å². The lowest BCUT2D eigenvalue weighted by molar-refractivity contribution is -0.139. The number of ether oxygens (including phenoxy) is 2. The average molecular weight is 375 g/mol. The number of carboxylic acids is 1. The van der Waals surface area contributed by atoms with Gasteiger partial charge in [0.1, 0.15) is 11.5 Å². The third-order valence-corrected chi connectivity index (χ3v) is 4.19. The van der Waals surface area contributed by atoms with Crippen LogP contribution in [0.15, 0.2) is 71.7 Å². The van der Waals surface area contributed by atoms with E-state index in [0.29, 0.717) is 5.75 Å². The van der Waals surface area contributed by atoms with Crippen molar-refractivity contribution in [3.8, 4) is 22.6 Å². The van der Waals surface area contributed by atoms with Gasteiger partial charge in [0.25, 0.3) is 0 Å². The fraction of sp³-hybridized carbons (Fsp3) is 0.130. The molecular weight excluding hydrogens is 354 g/mol. The van der Waals surface area contributed by atoms with Crippen molar-refractivity contribution in [3.05, 3.63) is 77.9 Å². The highest BCUT2D eigenvalue weighted by Crippen LogP contribution is 2.27. The smallest absolute Gasteiger partial charge is 0.341 e. The van der Waals surface area contributed by atoms with Crippen LogP contribution in [0.25, 0.3) is 11.1 Å². The molecule has 5 nitrogen and oxygen atoms in total. The summed E-state index contributed by atoms with van der Waals surface area (Å²) in [5, 5.41) is 8.63. The van der Waals surface area contributed by atoms with Gasteiger partial charge in [0.15, 0.2) is 6.61 Å². The van der Waals surface area contributed by atoms with Gasteiger partial charge >= 0.3 is 5.97 Å². The number of nitrogens with zero attached hydrogens (tertiary/aromatic N) is 1. The molecule has 0 atom stereocenters. The van der Waals surface area contributed by atoms with Gasteiger partial charge in [-0.3, -0.25) is 4.99 Å². The highest BCUT2D eigenvalue weighted by Gasteiger charge is 2.04. The molecule has 0 saturated heterocycles. The average Bonchev–Trinajstić information content (AvgIpc) is 2.71. The predicted octanol–water partition coefficient (Wildman–Crippen LogP) is 4.88. The quantitative estimate of drug-likeness (QED) is 0.597. The number of methoxy groups -OCH3 is 1. The maximum absolute atomic E-state index is 10.5. The van der Waals surface area contributed by atoms with Crippen LogP contribution in [0.4, 0.5) is 5.69 Å². The Morgan fingerprint density at radius 2 is 1.79 bits per heavy atom. The van der Waals surface area contributed by atoms with Crippen LogP contribution >= 0.6 is 0 Å². The van der Waals surface area contributed by atoms with Crippen LogP contribution in [-0.2, 0) is 4.79 Å². The Balaban J connectivity index is 1.75. The number of rotatable bonds is 7. The first-order valence-electron chi connectivity index (χ1n) is 8.79. The number of aliphatic imine (C=N–C) groups is 1. The van der Waals surface area contributed by atoms with E-state index in [1.54, 1.807) is 37.6 Å². The fourth-order valence-electron chi connectivity index (χ4n) is 2.80. The Hall–Kier alpha value is -3.60. The second kappa shape index (κ2) is 8.86. The highest BCUT2D eigenvalue weighted by molar-refractivity contribution is 5.84. The second-order valence-electron chi connectivity index (χ2n) is 6.24. The summed E-state index contributed by atoms with van der Waals surface area (Å²) in [5.74, 6) is 0.335. The monoisotopic (exact) mass is 375 g/mol. The first kappa shape index (κ1) is 19.2. The molecular formula is C23H21NO4. The van der Waals surface area contributed by atoms with E-state index < -0.39 is 5.97 Å². The lowest BCUT2D eigenvalue weighted by atomic mass is 9.99. The number of carbonyl (C=O) groups is 1. The van der Waals surface area contributed by atoms with E-state index in [1.807, 2.05) is 24.3 Å². The number of aryl methyl sites for hydroxylation is 1. The minimum atomic E-state index is -1.01. The lowest BCUT2D eigenvalue weighted by Crippen LogP contribution is -2.09. The van der Waals surface area contributed by atoms with Crippen molar-refractivity contribution in [2.45, 2.75) is 6.92 Å². The fourth-order valence-corrected chi connectivity index (χ4v) is 2.80. The summed E-state index contributed by atoms with van der Waals surface area (Å²) >= 11 is 0. The SMILES string of the molecule is COc1ccc(-c2cccc(C=Nc3ccc(OCC(=O)O)cc3)c2)c(C)c1.